The van der Waals surface area contributed by atoms with Gasteiger partial charge in [-0.3, -0.25) is 4.79 Å². The van der Waals surface area contributed by atoms with Crippen molar-refractivity contribution in [1.82, 2.24) is 0 Å². The highest BCUT2D eigenvalue weighted by Gasteiger charge is 2.10. The number of hydrogen-bond donors (Lipinski definition) is 2. The maximum atomic E-state index is 12.3. The Balaban J connectivity index is 1.73. The standard InChI is InChI=1S/C21H19ClN2O3/c1-26-16-11-12-20(27-2)19(13-16)23-14-7-9-15(10-8-14)24-21(25)17-5-3-4-6-18(17)22/h3-13,23H,1-2H3,(H,24,25). The number of carbonyl (C=O) groups is 1. The van der Waals surface area contributed by atoms with E-state index in [0.29, 0.717) is 22.0 Å². The molecule has 0 saturated heterocycles. The summed E-state index contributed by atoms with van der Waals surface area (Å²) in [4.78, 5) is 12.3. The monoisotopic (exact) mass is 382 g/mol. The first-order valence-corrected chi connectivity index (χ1v) is 8.63. The zero-order valence-electron chi connectivity index (χ0n) is 15.0. The van der Waals surface area contributed by atoms with Gasteiger partial charge in [-0.2, -0.15) is 0 Å². The van der Waals surface area contributed by atoms with Crippen molar-refractivity contribution in [1.29, 1.82) is 0 Å². The van der Waals surface area contributed by atoms with Gasteiger partial charge in [0.2, 0.25) is 0 Å². The first kappa shape index (κ1) is 18.6. The van der Waals surface area contributed by atoms with Crippen LogP contribution in [0, 0.1) is 0 Å². The van der Waals surface area contributed by atoms with Gasteiger partial charge in [0, 0.05) is 17.4 Å². The Morgan fingerprint density at radius 2 is 1.59 bits per heavy atom. The molecule has 0 bridgehead atoms. The van der Waals surface area contributed by atoms with Crippen molar-refractivity contribution in [3.63, 3.8) is 0 Å². The molecule has 2 N–H and O–H groups in total. The van der Waals surface area contributed by atoms with Crippen molar-refractivity contribution in [3.05, 3.63) is 77.3 Å². The Labute approximate surface area is 162 Å². The van der Waals surface area contributed by atoms with E-state index < -0.39 is 0 Å². The Morgan fingerprint density at radius 3 is 2.26 bits per heavy atom. The fourth-order valence-corrected chi connectivity index (χ4v) is 2.77. The maximum absolute atomic E-state index is 12.3. The molecule has 6 heteroatoms. The minimum Gasteiger partial charge on any atom is -0.497 e. The fraction of sp³-hybridized carbons (Fsp3) is 0.0952. The van der Waals surface area contributed by atoms with E-state index in [1.807, 2.05) is 42.5 Å². The van der Waals surface area contributed by atoms with Crippen LogP contribution in [0.3, 0.4) is 0 Å². The van der Waals surface area contributed by atoms with Crippen LogP contribution in [0.1, 0.15) is 10.4 Å². The van der Waals surface area contributed by atoms with Crippen LogP contribution in [-0.2, 0) is 0 Å². The van der Waals surface area contributed by atoms with E-state index in [0.717, 1.165) is 17.1 Å². The van der Waals surface area contributed by atoms with Crippen LogP contribution in [0.5, 0.6) is 11.5 Å². The maximum Gasteiger partial charge on any atom is 0.257 e. The molecule has 0 unspecified atom stereocenters. The minimum atomic E-state index is -0.254. The first-order valence-electron chi connectivity index (χ1n) is 8.25. The molecule has 0 radical (unpaired) electrons. The Bertz CT molecular complexity index is 942. The quantitative estimate of drug-likeness (QED) is 0.603. The smallest absolute Gasteiger partial charge is 0.257 e. The third-order valence-electron chi connectivity index (χ3n) is 3.95. The van der Waals surface area contributed by atoms with Crippen molar-refractivity contribution in [2.45, 2.75) is 0 Å². The number of ether oxygens (including phenoxy) is 2. The lowest BCUT2D eigenvalue weighted by molar-refractivity contribution is 0.102. The average Bonchev–Trinajstić information content (AvgIpc) is 2.69. The largest absolute Gasteiger partial charge is 0.497 e. The van der Waals surface area contributed by atoms with Gasteiger partial charge in [-0.1, -0.05) is 23.7 Å². The molecule has 1 amide bonds. The van der Waals surface area contributed by atoms with Crippen LogP contribution in [0.2, 0.25) is 5.02 Å². The van der Waals surface area contributed by atoms with Gasteiger partial charge >= 0.3 is 0 Å². The summed E-state index contributed by atoms with van der Waals surface area (Å²) in [6.45, 7) is 0. The van der Waals surface area contributed by atoms with Crippen LogP contribution in [0.15, 0.2) is 66.7 Å². The molecule has 138 valence electrons. The predicted molar refractivity (Wildman–Crippen MR) is 109 cm³/mol. The molecule has 3 aromatic carbocycles. The topological polar surface area (TPSA) is 59.6 Å². The molecule has 0 heterocycles. The summed E-state index contributed by atoms with van der Waals surface area (Å²) < 4.78 is 10.6. The number of methoxy groups -OCH3 is 2. The van der Waals surface area contributed by atoms with Gasteiger partial charge in [0.25, 0.3) is 5.91 Å². The number of carbonyl (C=O) groups excluding carboxylic acids is 1. The van der Waals surface area contributed by atoms with Gasteiger partial charge in [-0.25, -0.2) is 0 Å². The Kier molecular flexibility index (Phi) is 5.84. The second-order valence-corrected chi connectivity index (χ2v) is 6.11. The highest BCUT2D eigenvalue weighted by molar-refractivity contribution is 6.34. The molecular formula is C21H19ClN2O3. The SMILES string of the molecule is COc1ccc(OC)c(Nc2ccc(NC(=O)c3ccccc3Cl)cc2)c1. The number of nitrogens with one attached hydrogen (secondary N) is 2. The normalized spacial score (nSPS) is 10.2. The summed E-state index contributed by atoms with van der Waals surface area (Å²) in [5.74, 6) is 1.17. The van der Waals surface area contributed by atoms with Gasteiger partial charge in [0.1, 0.15) is 11.5 Å². The molecule has 0 aliphatic rings. The second kappa shape index (κ2) is 8.47. The van der Waals surface area contributed by atoms with Crippen molar-refractivity contribution < 1.29 is 14.3 Å². The van der Waals surface area contributed by atoms with E-state index in [2.05, 4.69) is 10.6 Å². The highest BCUT2D eigenvalue weighted by Crippen LogP contribution is 2.31. The summed E-state index contributed by atoms with van der Waals surface area (Å²) in [5.41, 5.74) is 2.73. The summed E-state index contributed by atoms with van der Waals surface area (Å²) in [5, 5.41) is 6.53. The number of amides is 1. The fourth-order valence-electron chi connectivity index (χ4n) is 2.55. The molecule has 0 saturated carbocycles. The van der Waals surface area contributed by atoms with E-state index in [-0.39, 0.29) is 5.91 Å². The average molecular weight is 383 g/mol. The summed E-state index contributed by atoms with van der Waals surface area (Å²) in [7, 11) is 3.22. The van der Waals surface area contributed by atoms with Crippen LogP contribution in [-0.4, -0.2) is 20.1 Å². The summed E-state index contributed by atoms with van der Waals surface area (Å²) in [6, 6.07) is 19.8. The molecule has 3 aromatic rings. The van der Waals surface area contributed by atoms with Crippen LogP contribution in [0.4, 0.5) is 17.1 Å². The Morgan fingerprint density at radius 1 is 0.889 bits per heavy atom. The summed E-state index contributed by atoms with van der Waals surface area (Å²) in [6.07, 6.45) is 0. The molecule has 3 rings (SSSR count). The van der Waals surface area contributed by atoms with E-state index in [1.165, 1.54) is 0 Å². The van der Waals surface area contributed by atoms with E-state index in [4.69, 9.17) is 21.1 Å². The van der Waals surface area contributed by atoms with Crippen molar-refractivity contribution >= 4 is 34.6 Å². The molecule has 0 atom stereocenters. The van der Waals surface area contributed by atoms with Crippen molar-refractivity contribution in [2.75, 3.05) is 24.9 Å². The zero-order chi connectivity index (χ0) is 19.2. The third-order valence-corrected chi connectivity index (χ3v) is 4.28. The highest BCUT2D eigenvalue weighted by atomic mass is 35.5. The van der Waals surface area contributed by atoms with Crippen molar-refractivity contribution in [2.24, 2.45) is 0 Å². The van der Waals surface area contributed by atoms with Gasteiger partial charge in [0.15, 0.2) is 0 Å². The van der Waals surface area contributed by atoms with Crippen molar-refractivity contribution in [3.8, 4) is 11.5 Å². The molecule has 0 fully saturated rings. The third kappa shape index (κ3) is 4.51. The van der Waals surface area contributed by atoms with E-state index >= 15 is 0 Å². The lowest BCUT2D eigenvalue weighted by Gasteiger charge is -2.13. The Hall–Kier alpha value is -3.18. The number of hydrogen-bond acceptors (Lipinski definition) is 4. The number of rotatable bonds is 6. The zero-order valence-corrected chi connectivity index (χ0v) is 15.7. The van der Waals surface area contributed by atoms with Crippen LogP contribution < -0.4 is 20.1 Å². The van der Waals surface area contributed by atoms with Gasteiger partial charge in [0.05, 0.1) is 30.5 Å². The minimum absolute atomic E-state index is 0.254. The second-order valence-electron chi connectivity index (χ2n) is 5.70. The lowest BCUT2D eigenvalue weighted by atomic mass is 10.2. The predicted octanol–water partition coefficient (Wildman–Crippen LogP) is 5.35. The van der Waals surface area contributed by atoms with Gasteiger partial charge in [-0.15, -0.1) is 0 Å². The van der Waals surface area contributed by atoms with Crippen LogP contribution in [0.25, 0.3) is 0 Å². The van der Waals surface area contributed by atoms with Crippen LogP contribution >= 0.6 is 11.6 Å². The van der Waals surface area contributed by atoms with Gasteiger partial charge in [-0.05, 0) is 48.5 Å². The molecule has 0 spiro atoms. The van der Waals surface area contributed by atoms with Gasteiger partial charge < -0.3 is 20.1 Å². The molecule has 27 heavy (non-hydrogen) atoms. The molecule has 0 aromatic heterocycles. The first-order chi connectivity index (χ1) is 13.1. The number of halogens is 1. The van der Waals surface area contributed by atoms with E-state index in [9.17, 15) is 4.79 Å². The number of anilines is 3. The molecule has 5 nitrogen and oxygen atoms in total. The van der Waals surface area contributed by atoms with E-state index in [1.54, 1.807) is 38.5 Å². The molecule has 0 aliphatic carbocycles. The molecular weight excluding hydrogens is 364 g/mol. The lowest BCUT2D eigenvalue weighted by Crippen LogP contribution is -2.12. The number of benzene rings is 3. The molecule has 0 aliphatic heterocycles. The summed E-state index contributed by atoms with van der Waals surface area (Å²) >= 11 is 6.06.